The largest absolute Gasteiger partial charge is 0.494 e. The quantitative estimate of drug-likeness (QED) is 0.538. The lowest BCUT2D eigenvalue weighted by atomic mass is 10.2. The Bertz CT molecular complexity index is 1250. The molecule has 0 radical (unpaired) electrons. The summed E-state index contributed by atoms with van der Waals surface area (Å²) in [5.74, 6) is 0.0228. The molecular weight excluding hydrogens is 438 g/mol. The number of amides is 1. The minimum absolute atomic E-state index is 0.0152. The van der Waals surface area contributed by atoms with Crippen molar-refractivity contribution in [2.24, 2.45) is 0 Å². The minimum atomic E-state index is -3.97. The lowest BCUT2D eigenvalue weighted by Gasteiger charge is -2.12. The standard InChI is InChI=1S/C22H18ClN3O4S/c1-2-30-18-8-6-16(7-9-18)26-31(28,29)19-10-11-21(23)20(13-19)22(27)25-17-5-3-4-15(12-17)14-24/h3-13,26H,2H2,1H3,(H,25,27). The summed E-state index contributed by atoms with van der Waals surface area (Å²) < 4.78 is 33.4. The van der Waals surface area contributed by atoms with Crippen LogP contribution in [0.2, 0.25) is 5.02 Å². The van der Waals surface area contributed by atoms with Crippen molar-refractivity contribution in [2.75, 3.05) is 16.6 Å². The first-order valence-corrected chi connectivity index (χ1v) is 11.1. The molecule has 0 heterocycles. The van der Waals surface area contributed by atoms with E-state index in [-0.39, 0.29) is 15.5 Å². The van der Waals surface area contributed by atoms with Gasteiger partial charge in [0.05, 0.1) is 33.7 Å². The number of rotatable bonds is 7. The van der Waals surface area contributed by atoms with E-state index >= 15 is 0 Å². The van der Waals surface area contributed by atoms with Crippen LogP contribution in [0.5, 0.6) is 5.75 Å². The lowest BCUT2D eigenvalue weighted by molar-refractivity contribution is 0.102. The monoisotopic (exact) mass is 455 g/mol. The molecule has 0 saturated heterocycles. The number of halogens is 1. The van der Waals surface area contributed by atoms with E-state index in [0.29, 0.717) is 29.3 Å². The van der Waals surface area contributed by atoms with Crippen LogP contribution < -0.4 is 14.8 Å². The number of carbonyl (C=O) groups excluding carboxylic acids is 1. The topological polar surface area (TPSA) is 108 Å². The third kappa shape index (κ3) is 5.54. The molecule has 0 aliphatic carbocycles. The molecule has 0 spiro atoms. The van der Waals surface area contributed by atoms with E-state index in [9.17, 15) is 13.2 Å². The predicted octanol–water partition coefficient (Wildman–Crippen LogP) is 4.66. The summed E-state index contributed by atoms with van der Waals surface area (Å²) in [6.45, 7) is 2.35. The number of nitrogens with zero attached hydrogens (tertiary/aromatic N) is 1. The van der Waals surface area contributed by atoms with E-state index in [0.717, 1.165) is 0 Å². The Morgan fingerprint density at radius 3 is 2.48 bits per heavy atom. The first-order valence-electron chi connectivity index (χ1n) is 9.19. The van der Waals surface area contributed by atoms with Gasteiger partial charge in [-0.15, -0.1) is 0 Å². The number of hydrogen-bond acceptors (Lipinski definition) is 5. The normalized spacial score (nSPS) is 10.7. The van der Waals surface area contributed by atoms with Crippen molar-refractivity contribution < 1.29 is 17.9 Å². The van der Waals surface area contributed by atoms with Gasteiger partial charge in [-0.3, -0.25) is 9.52 Å². The second-order valence-corrected chi connectivity index (χ2v) is 8.44. The number of nitrogens with one attached hydrogen (secondary N) is 2. The highest BCUT2D eigenvalue weighted by Crippen LogP contribution is 2.24. The van der Waals surface area contributed by atoms with E-state index in [2.05, 4.69) is 10.0 Å². The van der Waals surface area contributed by atoms with Crippen molar-refractivity contribution in [3.8, 4) is 11.8 Å². The second kappa shape index (κ2) is 9.51. The van der Waals surface area contributed by atoms with Crippen molar-refractivity contribution in [3.05, 3.63) is 82.9 Å². The first-order chi connectivity index (χ1) is 14.8. The Kier molecular flexibility index (Phi) is 6.80. The zero-order chi connectivity index (χ0) is 22.4. The van der Waals surface area contributed by atoms with Crippen molar-refractivity contribution in [3.63, 3.8) is 0 Å². The van der Waals surface area contributed by atoms with Crippen LogP contribution >= 0.6 is 11.6 Å². The molecule has 158 valence electrons. The molecule has 0 unspecified atom stereocenters. The Morgan fingerprint density at radius 1 is 1.06 bits per heavy atom. The zero-order valence-electron chi connectivity index (χ0n) is 16.4. The molecule has 31 heavy (non-hydrogen) atoms. The van der Waals surface area contributed by atoms with Gasteiger partial charge in [0, 0.05) is 11.4 Å². The summed E-state index contributed by atoms with van der Waals surface area (Å²) in [5, 5.41) is 11.7. The van der Waals surface area contributed by atoms with Gasteiger partial charge in [-0.2, -0.15) is 5.26 Å². The smallest absolute Gasteiger partial charge is 0.261 e. The van der Waals surface area contributed by atoms with Crippen molar-refractivity contribution in [2.45, 2.75) is 11.8 Å². The fraction of sp³-hybridized carbons (Fsp3) is 0.0909. The molecular formula is C22H18ClN3O4S. The number of sulfonamides is 1. The van der Waals surface area contributed by atoms with E-state index in [1.165, 1.54) is 24.3 Å². The molecule has 3 aromatic rings. The van der Waals surface area contributed by atoms with E-state index in [1.54, 1.807) is 42.5 Å². The number of carbonyl (C=O) groups is 1. The van der Waals surface area contributed by atoms with Gasteiger partial charge in [-0.05, 0) is 67.6 Å². The van der Waals surface area contributed by atoms with Crippen LogP contribution in [-0.2, 0) is 10.0 Å². The van der Waals surface area contributed by atoms with Gasteiger partial charge in [0.2, 0.25) is 0 Å². The Labute approximate surface area is 185 Å². The van der Waals surface area contributed by atoms with E-state index < -0.39 is 15.9 Å². The van der Waals surface area contributed by atoms with Crippen LogP contribution in [0, 0.1) is 11.3 Å². The molecule has 0 fully saturated rings. The predicted molar refractivity (Wildman–Crippen MR) is 119 cm³/mol. The van der Waals surface area contributed by atoms with Crippen molar-refractivity contribution in [1.82, 2.24) is 0 Å². The van der Waals surface area contributed by atoms with Crippen molar-refractivity contribution >= 4 is 38.9 Å². The highest BCUT2D eigenvalue weighted by atomic mass is 35.5. The molecule has 0 atom stereocenters. The third-order valence-electron chi connectivity index (χ3n) is 4.16. The van der Waals surface area contributed by atoms with Crippen LogP contribution in [-0.4, -0.2) is 20.9 Å². The maximum absolute atomic E-state index is 12.8. The third-order valence-corrected chi connectivity index (χ3v) is 5.87. The maximum atomic E-state index is 12.8. The summed E-state index contributed by atoms with van der Waals surface area (Å²) in [4.78, 5) is 12.5. The highest BCUT2D eigenvalue weighted by Gasteiger charge is 2.19. The number of hydrogen-bond donors (Lipinski definition) is 2. The SMILES string of the molecule is CCOc1ccc(NS(=O)(=O)c2ccc(Cl)c(C(=O)Nc3cccc(C#N)c3)c2)cc1. The molecule has 0 aliphatic rings. The summed E-state index contributed by atoms with van der Waals surface area (Å²) in [6, 6.07) is 18.6. The van der Waals surface area contributed by atoms with Crippen LogP contribution in [0.4, 0.5) is 11.4 Å². The fourth-order valence-corrected chi connectivity index (χ4v) is 4.00. The van der Waals surface area contributed by atoms with Crippen LogP contribution in [0.15, 0.2) is 71.6 Å². The van der Waals surface area contributed by atoms with Crippen LogP contribution in [0.3, 0.4) is 0 Å². The molecule has 3 aromatic carbocycles. The Balaban J connectivity index is 1.83. The molecule has 9 heteroatoms. The first kappa shape index (κ1) is 22.2. The molecule has 0 aromatic heterocycles. The van der Waals surface area contributed by atoms with Gasteiger partial charge >= 0.3 is 0 Å². The summed E-state index contributed by atoms with van der Waals surface area (Å²) in [5.41, 5.74) is 1.09. The fourth-order valence-electron chi connectivity index (χ4n) is 2.71. The van der Waals surface area contributed by atoms with Gasteiger partial charge < -0.3 is 10.1 Å². The summed E-state index contributed by atoms with van der Waals surface area (Å²) in [7, 11) is -3.97. The van der Waals surface area contributed by atoms with Crippen molar-refractivity contribution in [1.29, 1.82) is 5.26 Å². The number of anilines is 2. The minimum Gasteiger partial charge on any atom is -0.494 e. The average molecular weight is 456 g/mol. The molecule has 0 aliphatic heterocycles. The van der Waals surface area contributed by atoms with Gasteiger partial charge in [0.25, 0.3) is 15.9 Å². The highest BCUT2D eigenvalue weighted by molar-refractivity contribution is 7.92. The average Bonchev–Trinajstić information content (AvgIpc) is 2.75. The van der Waals surface area contributed by atoms with Gasteiger partial charge in [0.1, 0.15) is 5.75 Å². The van der Waals surface area contributed by atoms with Gasteiger partial charge in [-0.25, -0.2) is 8.42 Å². The van der Waals surface area contributed by atoms with E-state index in [4.69, 9.17) is 21.6 Å². The zero-order valence-corrected chi connectivity index (χ0v) is 18.0. The Morgan fingerprint density at radius 2 is 1.81 bits per heavy atom. The molecule has 7 nitrogen and oxygen atoms in total. The van der Waals surface area contributed by atoms with Crippen LogP contribution in [0.1, 0.15) is 22.8 Å². The summed E-state index contributed by atoms with van der Waals surface area (Å²) >= 11 is 6.13. The molecule has 0 saturated carbocycles. The molecule has 3 rings (SSSR count). The van der Waals surface area contributed by atoms with Gasteiger partial charge in [0.15, 0.2) is 0 Å². The molecule has 1 amide bonds. The Hall–Kier alpha value is -3.54. The second-order valence-electron chi connectivity index (χ2n) is 6.35. The maximum Gasteiger partial charge on any atom is 0.261 e. The number of benzene rings is 3. The summed E-state index contributed by atoms with van der Waals surface area (Å²) in [6.07, 6.45) is 0. The molecule has 0 bridgehead atoms. The number of nitriles is 1. The number of ether oxygens (including phenoxy) is 1. The van der Waals surface area contributed by atoms with Gasteiger partial charge in [-0.1, -0.05) is 17.7 Å². The lowest BCUT2D eigenvalue weighted by Crippen LogP contribution is -2.16. The van der Waals surface area contributed by atoms with E-state index in [1.807, 2.05) is 13.0 Å². The van der Waals surface area contributed by atoms with Crippen LogP contribution in [0.25, 0.3) is 0 Å². The molecule has 2 N–H and O–H groups in total.